The number of fused-ring (bicyclic) bond motifs is 16. The molecule has 1 spiro atoms. The molecule has 1 aromatic heterocycles. The van der Waals surface area contributed by atoms with Crippen molar-refractivity contribution in [1.29, 1.82) is 0 Å². The van der Waals surface area contributed by atoms with E-state index in [9.17, 15) is 0 Å². The molecule has 2 aliphatic rings. The highest BCUT2D eigenvalue weighted by atomic mass is 16.5. The molecule has 2 heterocycles. The van der Waals surface area contributed by atoms with E-state index in [0.717, 1.165) is 66.8 Å². The molecule has 0 bridgehead atoms. The predicted molar refractivity (Wildman–Crippen MR) is 246 cm³/mol. The molecule has 11 aromatic rings. The molecular formula is C57H35NO2. The van der Waals surface area contributed by atoms with Gasteiger partial charge >= 0.3 is 0 Å². The van der Waals surface area contributed by atoms with Gasteiger partial charge in [-0.3, -0.25) is 0 Å². The Balaban J connectivity index is 0.969. The third kappa shape index (κ3) is 4.60. The summed E-state index contributed by atoms with van der Waals surface area (Å²) < 4.78 is 13.5. The molecule has 10 aromatic carbocycles. The molecule has 13 rings (SSSR count). The van der Waals surface area contributed by atoms with E-state index in [1.807, 2.05) is 12.1 Å². The van der Waals surface area contributed by atoms with Gasteiger partial charge < -0.3 is 14.1 Å². The Labute approximate surface area is 347 Å². The summed E-state index contributed by atoms with van der Waals surface area (Å²) in [6.07, 6.45) is 0. The Morgan fingerprint density at radius 1 is 0.333 bits per heavy atom. The lowest BCUT2D eigenvalue weighted by Gasteiger charge is -2.40. The van der Waals surface area contributed by atoms with E-state index in [-0.39, 0.29) is 0 Å². The average molecular weight is 766 g/mol. The van der Waals surface area contributed by atoms with Crippen molar-refractivity contribution in [2.45, 2.75) is 5.41 Å². The maximum atomic E-state index is 7.13. The van der Waals surface area contributed by atoms with Crippen molar-refractivity contribution in [3.05, 3.63) is 235 Å². The van der Waals surface area contributed by atoms with E-state index in [1.165, 1.54) is 49.7 Å². The lowest BCUT2D eigenvalue weighted by atomic mass is 9.65. The average Bonchev–Trinajstić information content (AvgIpc) is 3.83. The number of furan rings is 1. The molecule has 0 fully saturated rings. The molecule has 0 N–H and O–H groups in total. The first-order valence-electron chi connectivity index (χ1n) is 20.6. The Kier molecular flexibility index (Phi) is 6.93. The van der Waals surface area contributed by atoms with Gasteiger partial charge in [0.25, 0.3) is 0 Å². The summed E-state index contributed by atoms with van der Waals surface area (Å²) >= 11 is 0. The normalized spacial score (nSPS) is 13.3. The molecule has 0 saturated carbocycles. The lowest BCUT2D eigenvalue weighted by Crippen LogP contribution is -2.32. The first-order chi connectivity index (χ1) is 29.7. The van der Waals surface area contributed by atoms with E-state index in [2.05, 4.69) is 205 Å². The molecule has 60 heavy (non-hydrogen) atoms. The van der Waals surface area contributed by atoms with Crippen molar-refractivity contribution >= 4 is 60.5 Å². The zero-order valence-corrected chi connectivity index (χ0v) is 32.5. The van der Waals surface area contributed by atoms with Crippen LogP contribution in [0, 0.1) is 0 Å². The minimum atomic E-state index is -0.567. The van der Waals surface area contributed by atoms with Gasteiger partial charge in [0.2, 0.25) is 0 Å². The molecule has 3 heteroatoms. The summed E-state index contributed by atoms with van der Waals surface area (Å²) in [7, 11) is 0. The summed E-state index contributed by atoms with van der Waals surface area (Å²) in [5.41, 5.74) is 14.1. The standard InChI is InChI=1S/C57H35NO2/c1-2-14-40(15-3-1)58(42-29-30-47-46-19-9-11-21-53(46)59-54(47)35-42)41-27-22-36(23-28-41)39-26-31-50-48(34-39)45-18-8-10-20-49(45)57(50)51-32-24-37-12-4-6-16-43(37)55(51)60-56-44-17-7-5-13-38(44)25-33-52(56)57/h1-35H. The first kappa shape index (κ1) is 33.1. The van der Waals surface area contributed by atoms with Gasteiger partial charge in [-0.25, -0.2) is 0 Å². The number of nitrogens with zero attached hydrogens (tertiary/aromatic N) is 1. The number of rotatable bonds is 4. The Morgan fingerprint density at radius 3 is 1.63 bits per heavy atom. The Morgan fingerprint density at radius 2 is 0.883 bits per heavy atom. The van der Waals surface area contributed by atoms with Gasteiger partial charge in [-0.2, -0.15) is 0 Å². The van der Waals surface area contributed by atoms with Crippen LogP contribution in [0.1, 0.15) is 22.3 Å². The van der Waals surface area contributed by atoms with E-state index in [1.54, 1.807) is 0 Å². The van der Waals surface area contributed by atoms with Crippen LogP contribution >= 0.6 is 0 Å². The smallest absolute Gasteiger partial charge is 0.140 e. The van der Waals surface area contributed by atoms with Crippen LogP contribution in [0.3, 0.4) is 0 Å². The van der Waals surface area contributed by atoms with Crippen molar-refractivity contribution in [1.82, 2.24) is 0 Å². The van der Waals surface area contributed by atoms with Crippen LogP contribution in [0.15, 0.2) is 217 Å². The zero-order chi connectivity index (χ0) is 39.4. The van der Waals surface area contributed by atoms with Crippen molar-refractivity contribution in [3.8, 4) is 33.8 Å². The van der Waals surface area contributed by atoms with Crippen LogP contribution < -0.4 is 9.64 Å². The van der Waals surface area contributed by atoms with E-state index in [0.29, 0.717) is 0 Å². The fourth-order valence-electron chi connectivity index (χ4n) is 10.3. The highest BCUT2D eigenvalue weighted by molar-refractivity contribution is 6.06. The summed E-state index contributed by atoms with van der Waals surface area (Å²) in [5.74, 6) is 1.86. The second kappa shape index (κ2) is 12.6. The zero-order valence-electron chi connectivity index (χ0n) is 32.5. The number of anilines is 3. The third-order valence-corrected chi connectivity index (χ3v) is 12.9. The van der Waals surface area contributed by atoms with Gasteiger partial charge in [0.15, 0.2) is 0 Å². The van der Waals surface area contributed by atoms with E-state index < -0.39 is 5.41 Å². The van der Waals surface area contributed by atoms with Gasteiger partial charge in [-0.1, -0.05) is 158 Å². The van der Waals surface area contributed by atoms with Crippen LogP contribution in [-0.2, 0) is 5.41 Å². The number of hydrogen-bond acceptors (Lipinski definition) is 3. The first-order valence-corrected chi connectivity index (χ1v) is 20.6. The van der Waals surface area contributed by atoms with Crippen molar-refractivity contribution in [2.24, 2.45) is 0 Å². The van der Waals surface area contributed by atoms with Gasteiger partial charge in [-0.05, 0) is 92.7 Å². The minimum Gasteiger partial charge on any atom is -0.456 e. The van der Waals surface area contributed by atoms with Crippen molar-refractivity contribution in [3.63, 3.8) is 0 Å². The van der Waals surface area contributed by atoms with Crippen LogP contribution in [-0.4, -0.2) is 0 Å². The lowest BCUT2D eigenvalue weighted by molar-refractivity contribution is 0.447. The second-order valence-electron chi connectivity index (χ2n) is 16.0. The van der Waals surface area contributed by atoms with Gasteiger partial charge in [0.05, 0.1) is 5.41 Å². The molecule has 1 aliphatic heterocycles. The van der Waals surface area contributed by atoms with Gasteiger partial charge in [-0.15, -0.1) is 0 Å². The van der Waals surface area contributed by atoms with Crippen LogP contribution in [0.5, 0.6) is 11.5 Å². The summed E-state index contributed by atoms with van der Waals surface area (Å²) in [6, 6.07) is 76.7. The van der Waals surface area contributed by atoms with Crippen molar-refractivity contribution in [2.75, 3.05) is 4.90 Å². The largest absolute Gasteiger partial charge is 0.456 e. The molecule has 280 valence electrons. The van der Waals surface area contributed by atoms with E-state index >= 15 is 0 Å². The van der Waals surface area contributed by atoms with E-state index in [4.69, 9.17) is 9.15 Å². The quantitative estimate of drug-likeness (QED) is 0.178. The molecule has 0 atom stereocenters. The maximum absolute atomic E-state index is 7.13. The predicted octanol–water partition coefficient (Wildman–Crippen LogP) is 15.5. The number of ether oxygens (including phenoxy) is 1. The monoisotopic (exact) mass is 765 g/mol. The number of para-hydroxylation sites is 2. The van der Waals surface area contributed by atoms with Crippen LogP contribution in [0.25, 0.3) is 65.7 Å². The fourth-order valence-corrected chi connectivity index (χ4v) is 10.3. The fraction of sp³-hybridized carbons (Fsp3) is 0.0175. The minimum absolute atomic E-state index is 0.567. The Bertz CT molecular complexity index is 3440. The van der Waals surface area contributed by atoms with Crippen molar-refractivity contribution < 1.29 is 9.15 Å². The highest BCUT2D eigenvalue weighted by Gasteiger charge is 2.51. The number of benzene rings is 10. The second-order valence-corrected chi connectivity index (χ2v) is 16.0. The third-order valence-electron chi connectivity index (χ3n) is 12.9. The van der Waals surface area contributed by atoms with Crippen LogP contribution in [0.2, 0.25) is 0 Å². The molecule has 0 amide bonds. The number of hydrogen-bond donors (Lipinski definition) is 0. The SMILES string of the molecule is c1ccc(N(c2ccc(-c3ccc4c(c3)-c3ccccc3C43c4ccc5ccccc5c4Oc4c3ccc3ccccc43)cc2)c2ccc3c(c2)oc2ccccc23)cc1. The topological polar surface area (TPSA) is 25.6 Å². The van der Waals surface area contributed by atoms with Gasteiger partial charge in [0.1, 0.15) is 22.7 Å². The highest BCUT2D eigenvalue weighted by Crippen LogP contribution is 2.64. The van der Waals surface area contributed by atoms with Gasteiger partial charge in [0, 0.05) is 55.8 Å². The summed E-state index contributed by atoms with van der Waals surface area (Å²) in [6.45, 7) is 0. The molecule has 1 aliphatic carbocycles. The molecule has 0 radical (unpaired) electrons. The Hall–Kier alpha value is -7.88. The maximum Gasteiger partial charge on any atom is 0.140 e. The summed E-state index contributed by atoms with van der Waals surface area (Å²) in [5, 5.41) is 6.83. The van der Waals surface area contributed by atoms with Crippen LogP contribution in [0.4, 0.5) is 17.1 Å². The molecule has 0 saturated heterocycles. The molecular weight excluding hydrogens is 731 g/mol. The molecule has 3 nitrogen and oxygen atoms in total. The summed E-state index contributed by atoms with van der Waals surface area (Å²) in [4.78, 5) is 2.30. The molecule has 0 unspecified atom stereocenters.